The molecule has 4 heterocycles. The Kier molecular flexibility index (Phi) is 4.79. The van der Waals surface area contributed by atoms with E-state index in [4.69, 9.17) is 5.73 Å². The highest BCUT2D eigenvalue weighted by atomic mass is 19.4. The first-order valence-corrected chi connectivity index (χ1v) is 9.31. The lowest BCUT2D eigenvalue weighted by Gasteiger charge is -2.08. The molecule has 4 aromatic rings. The molecule has 0 aromatic carbocycles. The molecular weight excluding hydrogens is 413 g/mol. The molecule has 0 aliphatic carbocycles. The number of amides is 1. The lowest BCUT2D eigenvalue weighted by atomic mass is 10.2. The molecule has 0 fully saturated rings. The minimum absolute atomic E-state index is 0.0571. The molecule has 31 heavy (non-hydrogen) atoms. The summed E-state index contributed by atoms with van der Waals surface area (Å²) in [7, 11) is 3.46. The fourth-order valence-electron chi connectivity index (χ4n) is 3.40. The second kappa shape index (κ2) is 7.22. The number of primary amides is 1. The molecule has 0 saturated carbocycles. The number of nitrogens with zero attached hydrogens (tertiary/aromatic N) is 7. The quantitative estimate of drug-likeness (QED) is 0.521. The summed E-state index contributed by atoms with van der Waals surface area (Å²) in [6.45, 7) is 1.38. The molecule has 0 unspecified atom stereocenters. The predicted octanol–water partition coefficient (Wildman–Crippen LogP) is 2.59. The normalized spacial score (nSPS) is 12.1. The Balaban J connectivity index is 1.83. The molecule has 0 radical (unpaired) electrons. The summed E-state index contributed by atoms with van der Waals surface area (Å²) >= 11 is 0. The van der Waals surface area contributed by atoms with Crippen LogP contribution in [0.15, 0.2) is 24.5 Å². The van der Waals surface area contributed by atoms with Crippen LogP contribution < -0.4 is 5.73 Å². The second-order valence-corrected chi connectivity index (χ2v) is 7.24. The number of nitrogens with two attached hydrogens (primary N) is 1. The van der Waals surface area contributed by atoms with Crippen molar-refractivity contribution in [3.63, 3.8) is 0 Å². The monoisotopic (exact) mass is 432 g/mol. The van der Waals surface area contributed by atoms with Crippen molar-refractivity contribution < 1.29 is 18.0 Å². The molecule has 0 aliphatic heterocycles. The number of alkyl halides is 3. The van der Waals surface area contributed by atoms with E-state index >= 15 is 0 Å². The summed E-state index contributed by atoms with van der Waals surface area (Å²) in [4.78, 5) is 20.7. The number of fused-ring (bicyclic) bond motifs is 1. The molecular formula is C19H19F3N8O. The first-order chi connectivity index (χ1) is 14.5. The van der Waals surface area contributed by atoms with Gasteiger partial charge in [0.1, 0.15) is 17.1 Å². The molecule has 2 N–H and O–H groups in total. The molecule has 0 bridgehead atoms. The Morgan fingerprint density at radius 1 is 1.19 bits per heavy atom. The molecule has 0 aliphatic rings. The van der Waals surface area contributed by atoms with Gasteiger partial charge in [0.05, 0.1) is 36.1 Å². The Morgan fingerprint density at radius 2 is 1.94 bits per heavy atom. The Labute approximate surface area is 174 Å². The smallest absolute Gasteiger partial charge is 0.364 e. The lowest BCUT2D eigenvalue weighted by Crippen LogP contribution is -2.14. The van der Waals surface area contributed by atoms with Gasteiger partial charge in [-0.3, -0.25) is 14.2 Å². The summed E-state index contributed by atoms with van der Waals surface area (Å²) in [6.07, 6.45) is -2.01. The third-order valence-electron chi connectivity index (χ3n) is 4.86. The standard InChI is InChI=1S/C19H19F3N8O/c1-10-6-15(30(27-10)5-4-19(20,21)22)13-9-28(2)18(26-13)16-11-8-24-29(3)14(11)7-12(25-16)17(23)31/h6-9H,4-5H2,1-3H3,(H2,23,31). The maximum Gasteiger partial charge on any atom is 0.390 e. The van der Waals surface area contributed by atoms with E-state index in [0.717, 1.165) is 0 Å². The third kappa shape index (κ3) is 3.88. The number of imidazole rings is 1. The summed E-state index contributed by atoms with van der Waals surface area (Å²) in [5.74, 6) is -0.281. The molecule has 4 aromatic heterocycles. The van der Waals surface area contributed by atoms with Crippen molar-refractivity contribution in [2.24, 2.45) is 19.8 Å². The number of hydrogen-bond acceptors (Lipinski definition) is 5. The van der Waals surface area contributed by atoms with E-state index in [1.165, 1.54) is 4.68 Å². The molecule has 12 heteroatoms. The van der Waals surface area contributed by atoms with Crippen molar-refractivity contribution in [2.75, 3.05) is 0 Å². The minimum atomic E-state index is -4.29. The van der Waals surface area contributed by atoms with E-state index in [2.05, 4.69) is 20.2 Å². The van der Waals surface area contributed by atoms with Crippen LogP contribution in [0, 0.1) is 6.92 Å². The molecule has 0 atom stereocenters. The zero-order chi connectivity index (χ0) is 22.5. The van der Waals surface area contributed by atoms with Crippen LogP contribution in [0.3, 0.4) is 0 Å². The van der Waals surface area contributed by atoms with Gasteiger partial charge >= 0.3 is 6.18 Å². The SMILES string of the molecule is Cc1cc(-c2cn(C)c(-c3nc(C(N)=O)cc4c3cnn4C)n2)n(CCC(F)(F)F)n1. The zero-order valence-electron chi connectivity index (χ0n) is 17.0. The maximum absolute atomic E-state index is 12.7. The summed E-state index contributed by atoms with van der Waals surface area (Å²) in [6, 6.07) is 3.23. The number of aromatic nitrogens is 7. The van der Waals surface area contributed by atoms with E-state index < -0.39 is 18.5 Å². The molecule has 9 nitrogen and oxygen atoms in total. The Hall–Kier alpha value is -3.70. The summed E-state index contributed by atoms with van der Waals surface area (Å²) in [5, 5.41) is 9.04. The summed E-state index contributed by atoms with van der Waals surface area (Å²) in [5.41, 5.74) is 8.00. The van der Waals surface area contributed by atoms with E-state index in [0.29, 0.717) is 39.5 Å². The fourth-order valence-corrected chi connectivity index (χ4v) is 3.40. The first-order valence-electron chi connectivity index (χ1n) is 9.31. The Bertz CT molecular complexity index is 1300. The van der Waals surface area contributed by atoms with Crippen LogP contribution in [0.1, 0.15) is 22.6 Å². The van der Waals surface area contributed by atoms with Gasteiger partial charge in [0.15, 0.2) is 5.82 Å². The van der Waals surface area contributed by atoms with Gasteiger partial charge in [-0.2, -0.15) is 23.4 Å². The van der Waals surface area contributed by atoms with Crippen molar-refractivity contribution >= 4 is 16.8 Å². The van der Waals surface area contributed by atoms with Gasteiger partial charge in [-0.15, -0.1) is 0 Å². The number of pyridine rings is 1. The van der Waals surface area contributed by atoms with Crippen molar-refractivity contribution in [1.82, 2.24) is 34.1 Å². The zero-order valence-corrected chi connectivity index (χ0v) is 17.0. The highest BCUT2D eigenvalue weighted by Crippen LogP contribution is 2.30. The average Bonchev–Trinajstić information content (AvgIpc) is 3.36. The van der Waals surface area contributed by atoms with Crippen molar-refractivity contribution in [3.05, 3.63) is 35.9 Å². The lowest BCUT2D eigenvalue weighted by molar-refractivity contribution is -0.137. The topological polar surface area (TPSA) is 109 Å². The number of carbonyl (C=O) groups excluding carboxylic acids is 1. The fraction of sp³-hybridized carbons (Fsp3) is 0.316. The van der Waals surface area contributed by atoms with Gasteiger partial charge in [0, 0.05) is 25.7 Å². The highest BCUT2D eigenvalue weighted by Gasteiger charge is 2.28. The first kappa shape index (κ1) is 20.6. The highest BCUT2D eigenvalue weighted by molar-refractivity contribution is 5.99. The Morgan fingerprint density at radius 3 is 2.61 bits per heavy atom. The summed E-state index contributed by atoms with van der Waals surface area (Å²) < 4.78 is 42.7. The van der Waals surface area contributed by atoms with E-state index in [1.54, 1.807) is 54.8 Å². The largest absolute Gasteiger partial charge is 0.390 e. The molecule has 0 spiro atoms. The maximum atomic E-state index is 12.7. The van der Waals surface area contributed by atoms with Crippen LogP contribution in [0.5, 0.6) is 0 Å². The average molecular weight is 432 g/mol. The number of aryl methyl sites for hydroxylation is 4. The van der Waals surface area contributed by atoms with Gasteiger partial charge in [-0.05, 0) is 19.1 Å². The molecule has 4 rings (SSSR count). The van der Waals surface area contributed by atoms with Crippen LogP contribution in [-0.4, -0.2) is 46.2 Å². The van der Waals surface area contributed by atoms with Crippen molar-refractivity contribution in [3.8, 4) is 22.9 Å². The van der Waals surface area contributed by atoms with Crippen molar-refractivity contribution in [1.29, 1.82) is 0 Å². The second-order valence-electron chi connectivity index (χ2n) is 7.24. The number of hydrogen-bond donors (Lipinski definition) is 1. The van der Waals surface area contributed by atoms with Crippen molar-refractivity contribution in [2.45, 2.75) is 26.1 Å². The third-order valence-corrected chi connectivity index (χ3v) is 4.86. The predicted molar refractivity (Wildman–Crippen MR) is 106 cm³/mol. The minimum Gasteiger partial charge on any atom is -0.364 e. The van der Waals surface area contributed by atoms with Gasteiger partial charge in [-0.25, -0.2) is 9.97 Å². The number of halogens is 3. The number of rotatable bonds is 5. The van der Waals surface area contributed by atoms with Gasteiger partial charge < -0.3 is 10.3 Å². The van der Waals surface area contributed by atoms with E-state index in [9.17, 15) is 18.0 Å². The molecule has 1 amide bonds. The van der Waals surface area contributed by atoms with Crippen LogP contribution >= 0.6 is 0 Å². The van der Waals surface area contributed by atoms with Crippen LogP contribution in [0.25, 0.3) is 33.8 Å². The van der Waals surface area contributed by atoms with Gasteiger partial charge in [0.25, 0.3) is 5.91 Å². The van der Waals surface area contributed by atoms with Gasteiger partial charge in [0.2, 0.25) is 0 Å². The van der Waals surface area contributed by atoms with Gasteiger partial charge in [-0.1, -0.05) is 0 Å². The van der Waals surface area contributed by atoms with Crippen LogP contribution in [-0.2, 0) is 20.6 Å². The number of carbonyl (C=O) groups is 1. The van der Waals surface area contributed by atoms with E-state index in [1.807, 2.05) is 0 Å². The molecule has 0 saturated heterocycles. The van der Waals surface area contributed by atoms with E-state index in [-0.39, 0.29) is 12.2 Å². The van der Waals surface area contributed by atoms with Crippen LogP contribution in [0.2, 0.25) is 0 Å². The molecule has 162 valence electrons. The van der Waals surface area contributed by atoms with Crippen LogP contribution in [0.4, 0.5) is 13.2 Å².